The van der Waals surface area contributed by atoms with E-state index in [0.717, 1.165) is 47.8 Å². The van der Waals surface area contributed by atoms with E-state index < -0.39 is 0 Å². The summed E-state index contributed by atoms with van der Waals surface area (Å²) >= 11 is 0. The Morgan fingerprint density at radius 2 is 1.77 bits per heavy atom. The van der Waals surface area contributed by atoms with E-state index in [0.29, 0.717) is 30.8 Å². The normalized spacial score (nSPS) is 13.9. The minimum absolute atomic E-state index is 0.0982. The molecule has 5 rings (SSSR count). The number of para-hydroxylation sites is 2. The Kier molecular flexibility index (Phi) is 6.84. The lowest BCUT2D eigenvalue weighted by molar-refractivity contribution is 0.308. The van der Waals surface area contributed by atoms with Gasteiger partial charge < -0.3 is 19.6 Å². The van der Waals surface area contributed by atoms with Crippen LogP contribution in [0.5, 0.6) is 5.75 Å². The van der Waals surface area contributed by atoms with Crippen molar-refractivity contribution >= 4 is 16.7 Å². The molecule has 2 aromatic carbocycles. The summed E-state index contributed by atoms with van der Waals surface area (Å²) in [7, 11) is 0. The van der Waals surface area contributed by atoms with Gasteiger partial charge in [-0.15, -0.1) is 0 Å². The number of imidazole rings is 1. The predicted molar refractivity (Wildman–Crippen MR) is 140 cm³/mol. The van der Waals surface area contributed by atoms with E-state index >= 15 is 0 Å². The molecule has 0 bridgehead atoms. The monoisotopic (exact) mass is 471 g/mol. The van der Waals surface area contributed by atoms with Crippen LogP contribution in [0.2, 0.25) is 0 Å². The van der Waals surface area contributed by atoms with Crippen LogP contribution in [0.4, 0.5) is 5.69 Å². The first-order valence-corrected chi connectivity index (χ1v) is 12.6. The quantitative estimate of drug-likeness (QED) is 0.359. The number of nitrogens with one attached hydrogen (secondary N) is 2. The van der Waals surface area contributed by atoms with E-state index in [4.69, 9.17) is 4.74 Å². The summed E-state index contributed by atoms with van der Waals surface area (Å²) in [6.45, 7) is 6.85. The smallest absolute Gasteiger partial charge is 0.254 e. The maximum Gasteiger partial charge on any atom is 0.254 e. The predicted octanol–water partition coefficient (Wildman–Crippen LogP) is 4.86. The molecule has 0 aliphatic carbocycles. The summed E-state index contributed by atoms with van der Waals surface area (Å²) in [6.07, 6.45) is 5.70. The first-order chi connectivity index (χ1) is 17.1. The zero-order valence-corrected chi connectivity index (χ0v) is 20.6. The van der Waals surface area contributed by atoms with Gasteiger partial charge in [0.15, 0.2) is 0 Å². The van der Waals surface area contributed by atoms with Gasteiger partial charge in [-0.3, -0.25) is 4.79 Å². The van der Waals surface area contributed by atoms with Crippen molar-refractivity contribution in [3.63, 3.8) is 0 Å². The van der Waals surface area contributed by atoms with Crippen LogP contribution in [0.3, 0.4) is 0 Å². The molecule has 0 amide bonds. The van der Waals surface area contributed by atoms with Gasteiger partial charge in [-0.25, -0.2) is 9.97 Å². The Balaban J connectivity index is 1.19. The number of fused-ring (bicyclic) bond motifs is 1. The molecule has 7 heteroatoms. The highest BCUT2D eigenvalue weighted by Gasteiger charge is 2.15. The highest BCUT2D eigenvalue weighted by atomic mass is 16.5. The molecule has 0 atom stereocenters. The molecule has 2 aromatic heterocycles. The summed E-state index contributed by atoms with van der Waals surface area (Å²) in [4.78, 5) is 30.8. The number of benzene rings is 2. The van der Waals surface area contributed by atoms with E-state index in [9.17, 15) is 4.79 Å². The lowest BCUT2D eigenvalue weighted by Crippen LogP contribution is -2.30. The number of aromatic amines is 2. The highest BCUT2D eigenvalue weighted by molar-refractivity contribution is 5.74. The Morgan fingerprint density at radius 1 is 0.943 bits per heavy atom. The fraction of sp³-hybridized carbons (Fsp3) is 0.393. The zero-order valence-electron chi connectivity index (χ0n) is 20.6. The van der Waals surface area contributed by atoms with Gasteiger partial charge in [-0.1, -0.05) is 18.2 Å². The van der Waals surface area contributed by atoms with Crippen molar-refractivity contribution < 1.29 is 4.74 Å². The first-order valence-electron chi connectivity index (χ1n) is 12.6. The lowest BCUT2D eigenvalue weighted by atomic mass is 10.1. The minimum atomic E-state index is -0.0982. The molecule has 35 heavy (non-hydrogen) atoms. The van der Waals surface area contributed by atoms with Gasteiger partial charge in [0.05, 0.1) is 17.6 Å². The maximum atomic E-state index is 12.8. The summed E-state index contributed by atoms with van der Waals surface area (Å²) in [5, 5.41) is 0. The fourth-order valence-corrected chi connectivity index (χ4v) is 4.91. The first kappa shape index (κ1) is 23.1. The Labute approximate surface area is 205 Å². The van der Waals surface area contributed by atoms with E-state index in [1.807, 2.05) is 37.3 Å². The minimum Gasteiger partial charge on any atom is -0.493 e. The molecule has 2 N–H and O–H groups in total. The van der Waals surface area contributed by atoms with Gasteiger partial charge >= 0.3 is 0 Å². The molecule has 1 aliphatic rings. The van der Waals surface area contributed by atoms with E-state index in [1.54, 1.807) is 0 Å². The molecular formula is C28H33N5O2. The molecule has 182 valence electrons. The van der Waals surface area contributed by atoms with Crippen molar-refractivity contribution in [2.24, 2.45) is 0 Å². The van der Waals surface area contributed by atoms with Crippen LogP contribution in [0.1, 0.15) is 54.2 Å². The second kappa shape index (κ2) is 10.3. The van der Waals surface area contributed by atoms with Gasteiger partial charge in [0.1, 0.15) is 17.4 Å². The fourth-order valence-electron chi connectivity index (χ4n) is 4.91. The number of aryl methyl sites for hydroxylation is 2. The zero-order chi connectivity index (χ0) is 24.2. The van der Waals surface area contributed by atoms with Crippen molar-refractivity contribution in [3.8, 4) is 5.75 Å². The number of piperidine rings is 1. The number of hydrogen-bond donors (Lipinski definition) is 2. The molecule has 7 nitrogen and oxygen atoms in total. The molecule has 1 saturated heterocycles. The molecule has 0 saturated carbocycles. The third-order valence-electron chi connectivity index (χ3n) is 6.82. The van der Waals surface area contributed by atoms with Crippen molar-refractivity contribution in [2.45, 2.75) is 52.4 Å². The number of H-pyrrole nitrogens is 2. The van der Waals surface area contributed by atoms with E-state index in [1.165, 1.54) is 30.5 Å². The van der Waals surface area contributed by atoms with Crippen molar-refractivity contribution in [3.05, 3.63) is 81.3 Å². The molecule has 3 heterocycles. The average Bonchev–Trinajstić information content (AvgIpc) is 3.28. The van der Waals surface area contributed by atoms with Crippen LogP contribution in [-0.4, -0.2) is 39.6 Å². The number of aromatic nitrogens is 4. The SMILES string of the molecule is Cc1nc(CCCOc2cccc(N3CCCCC3)c2C)[nH]c(=O)c1Cc1nc2ccccc2[nH]1. The number of nitrogens with zero attached hydrogens (tertiary/aromatic N) is 3. The van der Waals surface area contributed by atoms with Crippen molar-refractivity contribution in [1.82, 2.24) is 19.9 Å². The van der Waals surface area contributed by atoms with Gasteiger partial charge in [-0.05, 0) is 63.8 Å². The third-order valence-corrected chi connectivity index (χ3v) is 6.82. The van der Waals surface area contributed by atoms with Crippen LogP contribution < -0.4 is 15.2 Å². The second-order valence-corrected chi connectivity index (χ2v) is 9.35. The van der Waals surface area contributed by atoms with Gasteiger partial charge in [0, 0.05) is 48.4 Å². The number of hydrogen-bond acceptors (Lipinski definition) is 5. The van der Waals surface area contributed by atoms with Crippen LogP contribution >= 0.6 is 0 Å². The third kappa shape index (κ3) is 5.24. The Hall–Kier alpha value is -3.61. The molecule has 4 aromatic rings. The lowest BCUT2D eigenvalue weighted by Gasteiger charge is -2.30. The van der Waals surface area contributed by atoms with Crippen molar-refractivity contribution in [2.75, 3.05) is 24.6 Å². The summed E-state index contributed by atoms with van der Waals surface area (Å²) < 4.78 is 6.12. The molecule has 0 unspecified atom stereocenters. The summed E-state index contributed by atoms with van der Waals surface area (Å²) in [5.41, 5.74) is 5.65. The number of anilines is 1. The standard InChI is InChI=1S/C28H33N5O2/c1-19-24(33-15-6-3-7-16-33)12-8-13-25(19)35-17-9-14-26-29-20(2)21(28(34)32-26)18-27-30-22-10-4-5-11-23(22)31-27/h4-5,8,10-13H,3,6-7,9,14-18H2,1-2H3,(H,30,31)(H,29,32,34). The van der Waals surface area contributed by atoms with Gasteiger partial charge in [0.2, 0.25) is 0 Å². The Morgan fingerprint density at radius 3 is 2.57 bits per heavy atom. The highest BCUT2D eigenvalue weighted by Crippen LogP contribution is 2.30. The average molecular weight is 472 g/mol. The Bertz CT molecular complexity index is 1330. The number of ether oxygens (including phenoxy) is 1. The maximum absolute atomic E-state index is 12.8. The molecule has 1 aliphatic heterocycles. The summed E-state index contributed by atoms with van der Waals surface area (Å²) in [5.74, 6) is 2.40. The van der Waals surface area contributed by atoms with Crippen LogP contribution in [-0.2, 0) is 12.8 Å². The van der Waals surface area contributed by atoms with Gasteiger partial charge in [-0.2, -0.15) is 0 Å². The van der Waals surface area contributed by atoms with E-state index in [2.05, 4.69) is 43.9 Å². The molecule has 0 spiro atoms. The van der Waals surface area contributed by atoms with E-state index in [-0.39, 0.29) is 5.56 Å². The largest absolute Gasteiger partial charge is 0.493 e. The second-order valence-electron chi connectivity index (χ2n) is 9.35. The topological polar surface area (TPSA) is 86.9 Å². The van der Waals surface area contributed by atoms with Crippen LogP contribution in [0.25, 0.3) is 11.0 Å². The number of rotatable bonds is 8. The van der Waals surface area contributed by atoms with Gasteiger partial charge in [0.25, 0.3) is 5.56 Å². The molecular weight excluding hydrogens is 438 g/mol. The summed E-state index contributed by atoms with van der Waals surface area (Å²) in [6, 6.07) is 14.2. The van der Waals surface area contributed by atoms with Crippen LogP contribution in [0.15, 0.2) is 47.3 Å². The van der Waals surface area contributed by atoms with Crippen molar-refractivity contribution in [1.29, 1.82) is 0 Å². The van der Waals surface area contributed by atoms with Crippen LogP contribution in [0, 0.1) is 13.8 Å². The molecule has 0 radical (unpaired) electrons. The molecule has 1 fully saturated rings.